The molecule has 0 heterocycles. The molecule has 6 nitrogen and oxygen atoms in total. The third-order valence-corrected chi connectivity index (χ3v) is 2.93. The predicted molar refractivity (Wildman–Crippen MR) is 81.9 cm³/mol. The fourth-order valence-corrected chi connectivity index (χ4v) is 1.76. The molecule has 3 amide bonds. The van der Waals surface area contributed by atoms with E-state index in [4.69, 9.17) is 5.73 Å². The number of primary amides is 1. The van der Waals surface area contributed by atoms with Crippen LogP contribution in [0.4, 0.5) is 5.69 Å². The number of hydrogen-bond donors (Lipinski definition) is 3. The van der Waals surface area contributed by atoms with Crippen LogP contribution in [0.3, 0.4) is 0 Å². The van der Waals surface area contributed by atoms with Gasteiger partial charge in [0.1, 0.15) is 0 Å². The summed E-state index contributed by atoms with van der Waals surface area (Å²) in [6, 6.07) is 15.2. The normalized spacial score (nSPS) is 9.82. The van der Waals surface area contributed by atoms with Crippen molar-refractivity contribution in [3.63, 3.8) is 0 Å². The summed E-state index contributed by atoms with van der Waals surface area (Å²) in [5.41, 5.74) is 6.75. The van der Waals surface area contributed by atoms with Gasteiger partial charge < -0.3 is 16.4 Å². The Bertz CT molecular complexity index is 682. The van der Waals surface area contributed by atoms with Crippen molar-refractivity contribution in [2.75, 3.05) is 5.32 Å². The van der Waals surface area contributed by atoms with E-state index < -0.39 is 17.7 Å². The van der Waals surface area contributed by atoms with Gasteiger partial charge in [0.2, 0.25) is 5.91 Å². The molecule has 0 saturated heterocycles. The molecule has 22 heavy (non-hydrogen) atoms. The molecule has 0 aliphatic carbocycles. The molecule has 4 N–H and O–H groups in total. The van der Waals surface area contributed by atoms with Gasteiger partial charge in [-0.15, -0.1) is 0 Å². The quantitative estimate of drug-likeness (QED) is 0.735. The van der Waals surface area contributed by atoms with Gasteiger partial charge in [0.25, 0.3) is 0 Å². The first-order valence-corrected chi connectivity index (χ1v) is 6.59. The van der Waals surface area contributed by atoms with E-state index in [2.05, 4.69) is 10.6 Å². The number of anilines is 1. The molecule has 0 aliphatic heterocycles. The molecule has 2 rings (SSSR count). The van der Waals surface area contributed by atoms with Crippen molar-refractivity contribution in [2.24, 2.45) is 5.73 Å². The summed E-state index contributed by atoms with van der Waals surface area (Å²) < 4.78 is 0. The van der Waals surface area contributed by atoms with Gasteiger partial charge in [0.15, 0.2) is 0 Å². The summed E-state index contributed by atoms with van der Waals surface area (Å²) in [6.45, 7) is 0.272. The zero-order chi connectivity index (χ0) is 15.9. The van der Waals surface area contributed by atoms with Crippen LogP contribution in [0.2, 0.25) is 0 Å². The first-order chi connectivity index (χ1) is 10.6. The number of amides is 3. The van der Waals surface area contributed by atoms with E-state index in [0.29, 0.717) is 11.3 Å². The van der Waals surface area contributed by atoms with E-state index in [-0.39, 0.29) is 6.54 Å². The molecule has 0 aromatic heterocycles. The lowest BCUT2D eigenvalue weighted by Gasteiger charge is -2.07. The Balaban J connectivity index is 1.88. The maximum atomic E-state index is 11.7. The number of benzene rings is 2. The minimum Gasteiger partial charge on any atom is -0.366 e. The van der Waals surface area contributed by atoms with E-state index in [1.165, 1.54) is 24.3 Å². The van der Waals surface area contributed by atoms with Crippen LogP contribution in [0, 0.1) is 0 Å². The molecular weight excluding hydrogens is 282 g/mol. The second-order valence-corrected chi connectivity index (χ2v) is 4.56. The average Bonchev–Trinajstić information content (AvgIpc) is 2.54. The van der Waals surface area contributed by atoms with Gasteiger partial charge in [-0.25, -0.2) is 0 Å². The maximum absolute atomic E-state index is 11.7. The summed E-state index contributed by atoms with van der Waals surface area (Å²) in [7, 11) is 0. The van der Waals surface area contributed by atoms with Gasteiger partial charge in [-0.2, -0.15) is 0 Å². The molecular formula is C16H15N3O3. The zero-order valence-electron chi connectivity index (χ0n) is 11.7. The molecule has 2 aromatic rings. The molecule has 0 unspecified atom stereocenters. The number of carbonyl (C=O) groups excluding carboxylic acids is 3. The Morgan fingerprint density at radius 1 is 0.864 bits per heavy atom. The number of hydrogen-bond acceptors (Lipinski definition) is 3. The SMILES string of the molecule is NC(=O)c1ccc(NC(=O)C(=O)NCc2ccccc2)cc1. The lowest BCUT2D eigenvalue weighted by molar-refractivity contribution is -0.136. The summed E-state index contributed by atoms with van der Waals surface area (Å²) in [4.78, 5) is 34.4. The predicted octanol–water partition coefficient (Wildman–Crippen LogP) is 1.04. The summed E-state index contributed by atoms with van der Waals surface area (Å²) >= 11 is 0. The van der Waals surface area contributed by atoms with Gasteiger partial charge in [0.05, 0.1) is 0 Å². The maximum Gasteiger partial charge on any atom is 0.313 e. The highest BCUT2D eigenvalue weighted by Gasteiger charge is 2.13. The van der Waals surface area contributed by atoms with Crippen LogP contribution < -0.4 is 16.4 Å². The van der Waals surface area contributed by atoms with Crippen molar-refractivity contribution < 1.29 is 14.4 Å². The van der Waals surface area contributed by atoms with Crippen molar-refractivity contribution in [1.29, 1.82) is 0 Å². The second-order valence-electron chi connectivity index (χ2n) is 4.56. The Kier molecular flexibility index (Phi) is 4.87. The van der Waals surface area contributed by atoms with Crippen LogP contribution in [0.5, 0.6) is 0 Å². The average molecular weight is 297 g/mol. The Hall–Kier alpha value is -3.15. The van der Waals surface area contributed by atoms with Gasteiger partial charge in [-0.3, -0.25) is 14.4 Å². The van der Waals surface area contributed by atoms with Crippen LogP contribution in [-0.2, 0) is 16.1 Å². The largest absolute Gasteiger partial charge is 0.366 e. The first kappa shape index (κ1) is 15.2. The zero-order valence-corrected chi connectivity index (χ0v) is 11.7. The van der Waals surface area contributed by atoms with E-state index in [0.717, 1.165) is 5.56 Å². The molecule has 0 spiro atoms. The Morgan fingerprint density at radius 3 is 2.09 bits per heavy atom. The molecule has 0 atom stereocenters. The third-order valence-electron chi connectivity index (χ3n) is 2.93. The van der Waals surface area contributed by atoms with Crippen LogP contribution in [-0.4, -0.2) is 17.7 Å². The van der Waals surface area contributed by atoms with Crippen molar-refractivity contribution in [3.8, 4) is 0 Å². The topological polar surface area (TPSA) is 101 Å². The molecule has 6 heteroatoms. The minimum atomic E-state index is -0.775. The summed E-state index contributed by atoms with van der Waals surface area (Å²) in [6.07, 6.45) is 0. The van der Waals surface area contributed by atoms with Gasteiger partial charge >= 0.3 is 11.8 Å². The third kappa shape index (κ3) is 4.17. The standard InChI is InChI=1S/C16H15N3O3/c17-14(20)12-6-8-13(9-7-12)19-16(22)15(21)18-10-11-4-2-1-3-5-11/h1-9H,10H2,(H2,17,20)(H,18,21)(H,19,22). The highest BCUT2D eigenvalue weighted by atomic mass is 16.2. The highest BCUT2D eigenvalue weighted by molar-refractivity contribution is 6.39. The van der Waals surface area contributed by atoms with Gasteiger partial charge in [-0.1, -0.05) is 30.3 Å². The molecule has 0 radical (unpaired) electrons. The molecule has 0 fully saturated rings. The smallest absolute Gasteiger partial charge is 0.313 e. The number of nitrogens with one attached hydrogen (secondary N) is 2. The van der Waals surface area contributed by atoms with Gasteiger partial charge in [0, 0.05) is 17.8 Å². The summed E-state index contributed by atoms with van der Waals surface area (Å²) in [5.74, 6) is -2.07. The molecule has 0 bridgehead atoms. The van der Waals surface area contributed by atoms with Crippen molar-refractivity contribution in [2.45, 2.75) is 6.54 Å². The van der Waals surface area contributed by atoms with Crippen molar-refractivity contribution >= 4 is 23.4 Å². The van der Waals surface area contributed by atoms with Crippen LogP contribution in [0.25, 0.3) is 0 Å². The lowest BCUT2D eigenvalue weighted by Crippen LogP contribution is -2.34. The van der Waals surface area contributed by atoms with E-state index in [1.807, 2.05) is 30.3 Å². The first-order valence-electron chi connectivity index (χ1n) is 6.59. The lowest BCUT2D eigenvalue weighted by atomic mass is 10.2. The van der Waals surface area contributed by atoms with Crippen LogP contribution >= 0.6 is 0 Å². The monoisotopic (exact) mass is 297 g/mol. The Labute approximate surface area is 127 Å². The molecule has 0 saturated carbocycles. The molecule has 2 aromatic carbocycles. The Morgan fingerprint density at radius 2 is 1.50 bits per heavy atom. The minimum absolute atomic E-state index is 0.272. The van der Waals surface area contributed by atoms with Gasteiger partial charge in [-0.05, 0) is 29.8 Å². The van der Waals surface area contributed by atoms with E-state index >= 15 is 0 Å². The van der Waals surface area contributed by atoms with E-state index in [9.17, 15) is 14.4 Å². The van der Waals surface area contributed by atoms with Crippen LogP contribution in [0.15, 0.2) is 54.6 Å². The highest BCUT2D eigenvalue weighted by Crippen LogP contribution is 2.09. The van der Waals surface area contributed by atoms with E-state index in [1.54, 1.807) is 0 Å². The van der Waals surface area contributed by atoms with Crippen molar-refractivity contribution in [3.05, 3.63) is 65.7 Å². The molecule has 112 valence electrons. The van der Waals surface area contributed by atoms with Crippen molar-refractivity contribution in [1.82, 2.24) is 5.32 Å². The van der Waals surface area contributed by atoms with Crippen LogP contribution in [0.1, 0.15) is 15.9 Å². The second kappa shape index (κ2) is 7.03. The fraction of sp³-hybridized carbons (Fsp3) is 0.0625. The summed E-state index contributed by atoms with van der Waals surface area (Å²) in [5, 5.41) is 4.96. The molecule has 0 aliphatic rings. The number of nitrogens with two attached hydrogens (primary N) is 1. The fourth-order valence-electron chi connectivity index (χ4n) is 1.76. The number of carbonyl (C=O) groups is 3. The number of rotatable bonds is 4.